The number of hydrogen-bond donors (Lipinski definition) is 7. The van der Waals surface area contributed by atoms with Gasteiger partial charge in [0.15, 0.2) is 43.5 Å². The maximum Gasteiger partial charge on any atom is 0.309 e. The maximum absolute atomic E-state index is 13.8. The van der Waals surface area contributed by atoms with Crippen LogP contribution in [0.15, 0.2) is 0 Å². The fraction of sp³-hybridized carbons (Fsp3) is 0.947. The average molecular weight is 1120 g/mol. The van der Waals surface area contributed by atoms with Crippen molar-refractivity contribution in [3.8, 4) is 0 Å². The first-order valence-electron chi connectivity index (χ1n) is 30.0. The molecule has 0 amide bonds. The summed E-state index contributed by atoms with van der Waals surface area (Å²) < 4.78 is 68.0. The molecule has 0 radical (unpaired) electrons. The van der Waals surface area contributed by atoms with Crippen LogP contribution >= 0.6 is 0 Å². The Hall–Kier alpha value is -2.19. The molecule has 21 nitrogen and oxygen atoms in total. The number of carbonyl (C=O) groups excluding carboxylic acids is 3. The van der Waals surface area contributed by atoms with Crippen molar-refractivity contribution in [2.75, 3.05) is 6.61 Å². The standard InChI is InChI=1S/C57H100O21/c1-8-11-13-14-15-16-19-22-27-31-40(60)74-52-45(65)48(76-54-44(64)43(63)47(34(5)68-54)75-53(67)33(4)10-3)35(6)70-56(52)77-49-36(7)69-55-46(66)50(49)73-39(59)30-26-23-20-17-18-21-25-29-37(28-24-12-9-2)71-57-51(78-55)42(62)41(61)38(32-58)72-57/h33-38,41-52,54-58,61-66H,8-32H2,1-7H3/t33-,34-,35-,36-,37?,38+,41+,42-,43-,44+,45+,46+,47-,48-,49-,50-,51+,52+,54-,55-,56-,57+/m0/s1. The molecule has 0 spiro atoms. The predicted molar refractivity (Wildman–Crippen MR) is 281 cm³/mol. The highest BCUT2D eigenvalue weighted by Gasteiger charge is 2.57. The highest BCUT2D eigenvalue weighted by atomic mass is 16.8. The van der Waals surface area contributed by atoms with E-state index >= 15 is 0 Å². The molecular weight excluding hydrogens is 1020 g/mol. The van der Waals surface area contributed by atoms with E-state index in [9.17, 15) is 50.1 Å². The van der Waals surface area contributed by atoms with Crippen molar-refractivity contribution < 1.29 is 102 Å². The molecule has 5 saturated heterocycles. The van der Waals surface area contributed by atoms with Gasteiger partial charge < -0.3 is 87.9 Å². The number of esters is 3. The Balaban J connectivity index is 1.40. The summed E-state index contributed by atoms with van der Waals surface area (Å²) in [4.78, 5) is 40.2. The maximum atomic E-state index is 13.8. The van der Waals surface area contributed by atoms with Gasteiger partial charge in [-0.3, -0.25) is 14.4 Å². The lowest BCUT2D eigenvalue weighted by Gasteiger charge is -2.49. The van der Waals surface area contributed by atoms with E-state index in [1.54, 1.807) is 13.8 Å². The van der Waals surface area contributed by atoms with Gasteiger partial charge in [-0.25, -0.2) is 0 Å². The lowest BCUT2D eigenvalue weighted by atomic mass is 9.95. The molecule has 5 aliphatic heterocycles. The molecule has 78 heavy (non-hydrogen) atoms. The summed E-state index contributed by atoms with van der Waals surface area (Å²) in [5, 5.41) is 79.9. The van der Waals surface area contributed by atoms with E-state index in [0.717, 1.165) is 96.3 Å². The summed E-state index contributed by atoms with van der Waals surface area (Å²) in [6.07, 6.45) is -10.2. The van der Waals surface area contributed by atoms with E-state index in [-0.39, 0.29) is 18.9 Å². The minimum Gasteiger partial charge on any atom is -0.457 e. The van der Waals surface area contributed by atoms with Gasteiger partial charge in [0.2, 0.25) is 0 Å². The Morgan fingerprint density at radius 3 is 1.81 bits per heavy atom. The largest absolute Gasteiger partial charge is 0.457 e. The van der Waals surface area contributed by atoms with Gasteiger partial charge in [-0.15, -0.1) is 0 Å². The average Bonchev–Trinajstić information content (AvgIpc) is 3.52. The normalized spacial score (nSPS) is 39.1. The number of aliphatic hydroxyl groups is 7. The van der Waals surface area contributed by atoms with E-state index < -0.39 is 153 Å². The third kappa shape index (κ3) is 19.5. The SMILES string of the molecule is CCCCCCCCCCCC(=O)O[C@H]1[C@H](O[C@@H]2[C@H]3OC(=O)CCCCCCCCCC(CCCCC)O[C@@H]4O[C@H](CO)[C@@H](O)[C@H](O)[C@H]4O[C@H](O[C@H]2C)[C@@H]3O)O[C@@H](C)[C@H](O[C@@H]2O[C@@H](C)[C@H](OC(=O)[C@@H](C)CC)[C@@H](O)[C@H]2O)[C@H]1O. The minimum absolute atomic E-state index is 0.00659. The van der Waals surface area contributed by atoms with Crippen LogP contribution in [0.25, 0.3) is 0 Å². The van der Waals surface area contributed by atoms with Crippen LogP contribution in [0.1, 0.15) is 203 Å². The summed E-state index contributed by atoms with van der Waals surface area (Å²) in [5.41, 5.74) is 0. The first-order chi connectivity index (χ1) is 37.4. The summed E-state index contributed by atoms with van der Waals surface area (Å²) in [6, 6.07) is 0. The molecule has 0 aromatic rings. The topological polar surface area (TPSA) is 294 Å². The van der Waals surface area contributed by atoms with Gasteiger partial charge in [-0.1, -0.05) is 137 Å². The van der Waals surface area contributed by atoms with Crippen LogP contribution in [0, 0.1) is 5.92 Å². The molecular formula is C57H100O21. The van der Waals surface area contributed by atoms with Crippen molar-refractivity contribution in [1.29, 1.82) is 0 Å². The zero-order chi connectivity index (χ0) is 56.9. The molecule has 7 N–H and O–H groups in total. The molecule has 5 rings (SSSR count). The number of hydrogen-bond acceptors (Lipinski definition) is 21. The number of aliphatic hydroxyl groups excluding tert-OH is 7. The Morgan fingerprint density at radius 1 is 0.551 bits per heavy atom. The van der Waals surface area contributed by atoms with E-state index in [1.807, 2.05) is 6.92 Å². The Morgan fingerprint density at radius 2 is 1.14 bits per heavy atom. The Bertz CT molecular complexity index is 1710. The van der Waals surface area contributed by atoms with Crippen LogP contribution in [0.5, 0.6) is 0 Å². The van der Waals surface area contributed by atoms with Crippen LogP contribution in [-0.4, -0.2) is 189 Å². The summed E-state index contributed by atoms with van der Waals surface area (Å²) in [5.74, 6) is -2.39. The third-order valence-corrected chi connectivity index (χ3v) is 16.1. The van der Waals surface area contributed by atoms with Gasteiger partial charge in [0, 0.05) is 12.8 Å². The third-order valence-electron chi connectivity index (χ3n) is 16.1. The molecule has 5 aliphatic rings. The van der Waals surface area contributed by atoms with Gasteiger partial charge in [0.25, 0.3) is 0 Å². The lowest BCUT2D eigenvalue weighted by molar-refractivity contribution is -0.388. The zero-order valence-corrected chi connectivity index (χ0v) is 47.7. The van der Waals surface area contributed by atoms with Gasteiger partial charge in [0.05, 0.1) is 36.9 Å². The van der Waals surface area contributed by atoms with Crippen LogP contribution in [0.3, 0.4) is 0 Å². The minimum atomic E-state index is -1.83. The molecule has 2 bridgehead atoms. The summed E-state index contributed by atoms with van der Waals surface area (Å²) in [7, 11) is 0. The van der Waals surface area contributed by atoms with Crippen LogP contribution < -0.4 is 0 Å². The molecule has 1 unspecified atom stereocenters. The monoisotopic (exact) mass is 1120 g/mol. The number of rotatable bonds is 23. The van der Waals surface area contributed by atoms with E-state index in [2.05, 4.69) is 13.8 Å². The van der Waals surface area contributed by atoms with Crippen molar-refractivity contribution in [2.45, 2.75) is 331 Å². The number of unbranched alkanes of at least 4 members (excludes halogenated alkanes) is 10. The second kappa shape index (κ2) is 34.4. The van der Waals surface area contributed by atoms with Crippen molar-refractivity contribution in [3.63, 3.8) is 0 Å². The number of fused-ring (bicyclic) bond motifs is 3. The highest BCUT2D eigenvalue weighted by molar-refractivity contribution is 5.72. The lowest BCUT2D eigenvalue weighted by Crippen LogP contribution is -2.67. The van der Waals surface area contributed by atoms with Crippen molar-refractivity contribution in [1.82, 2.24) is 0 Å². The van der Waals surface area contributed by atoms with Crippen LogP contribution in [-0.2, 0) is 66.5 Å². The second-order valence-electron chi connectivity index (χ2n) is 22.6. The van der Waals surface area contributed by atoms with Crippen molar-refractivity contribution in [2.24, 2.45) is 5.92 Å². The number of carbonyl (C=O) groups is 3. The highest BCUT2D eigenvalue weighted by Crippen LogP contribution is 2.37. The molecule has 5 fully saturated rings. The van der Waals surface area contributed by atoms with Gasteiger partial charge >= 0.3 is 17.9 Å². The molecule has 0 aliphatic carbocycles. The van der Waals surface area contributed by atoms with Gasteiger partial charge in [-0.05, 0) is 52.9 Å². The Labute approximate surface area is 462 Å². The quantitative estimate of drug-likeness (QED) is 0.0380. The second-order valence-corrected chi connectivity index (χ2v) is 22.6. The fourth-order valence-electron chi connectivity index (χ4n) is 10.9. The molecule has 21 heteroatoms. The first kappa shape index (κ1) is 66.6. The molecule has 0 aromatic heterocycles. The van der Waals surface area contributed by atoms with Crippen LogP contribution in [0.2, 0.25) is 0 Å². The van der Waals surface area contributed by atoms with E-state index in [0.29, 0.717) is 32.1 Å². The van der Waals surface area contributed by atoms with Crippen LogP contribution in [0.4, 0.5) is 0 Å². The first-order valence-corrected chi connectivity index (χ1v) is 30.0. The van der Waals surface area contributed by atoms with Gasteiger partial charge in [0.1, 0.15) is 61.0 Å². The molecule has 0 saturated carbocycles. The molecule has 22 atom stereocenters. The fourth-order valence-corrected chi connectivity index (χ4v) is 10.9. The molecule has 0 aromatic carbocycles. The zero-order valence-electron chi connectivity index (χ0n) is 47.7. The van der Waals surface area contributed by atoms with E-state index in [4.69, 9.17) is 52.1 Å². The summed E-state index contributed by atoms with van der Waals surface area (Å²) >= 11 is 0. The van der Waals surface area contributed by atoms with E-state index in [1.165, 1.54) is 26.7 Å². The van der Waals surface area contributed by atoms with Crippen molar-refractivity contribution in [3.05, 3.63) is 0 Å². The van der Waals surface area contributed by atoms with Crippen molar-refractivity contribution >= 4 is 17.9 Å². The Kier molecular flexibility index (Phi) is 29.4. The smallest absolute Gasteiger partial charge is 0.309 e. The summed E-state index contributed by atoms with van der Waals surface area (Å²) in [6.45, 7) is 11.8. The molecule has 454 valence electrons. The molecule has 5 heterocycles. The van der Waals surface area contributed by atoms with Gasteiger partial charge in [-0.2, -0.15) is 0 Å². The predicted octanol–water partition coefficient (Wildman–Crippen LogP) is 5.45. The number of ether oxygens (including phenoxy) is 11.